The Labute approximate surface area is 101 Å². The average molecular weight is 235 g/mol. The van der Waals surface area contributed by atoms with Gasteiger partial charge in [-0.05, 0) is 37.8 Å². The minimum Gasteiger partial charge on any atom is -0.369 e. The van der Waals surface area contributed by atoms with Crippen molar-refractivity contribution in [3.05, 3.63) is 29.6 Å². The number of rotatable bonds is 2. The molecule has 0 amide bonds. The van der Waals surface area contributed by atoms with E-state index in [4.69, 9.17) is 0 Å². The van der Waals surface area contributed by atoms with Gasteiger partial charge in [0.05, 0.1) is 5.69 Å². The second-order valence-electron chi connectivity index (χ2n) is 4.86. The number of ketones is 1. The third-order valence-corrected chi connectivity index (χ3v) is 3.47. The Bertz CT molecular complexity index is 422. The largest absolute Gasteiger partial charge is 0.369 e. The van der Waals surface area contributed by atoms with Crippen LogP contribution in [-0.2, 0) is 0 Å². The summed E-state index contributed by atoms with van der Waals surface area (Å²) in [7, 11) is 0. The van der Waals surface area contributed by atoms with Crippen molar-refractivity contribution in [1.82, 2.24) is 0 Å². The lowest BCUT2D eigenvalue weighted by atomic mass is 9.97. The average Bonchev–Trinajstić information content (AvgIpc) is 2.30. The van der Waals surface area contributed by atoms with Crippen molar-refractivity contribution in [1.29, 1.82) is 0 Å². The zero-order chi connectivity index (χ0) is 12.4. The molecule has 1 saturated heterocycles. The standard InChI is InChI=1S/C14H18FNO/c1-10-6-8-16(9-7-10)14-12(11(2)17)4-3-5-13(14)15/h3-5,10H,6-9H2,1-2H3. The Morgan fingerprint density at radius 1 is 1.35 bits per heavy atom. The fraction of sp³-hybridized carbons (Fsp3) is 0.500. The maximum absolute atomic E-state index is 13.9. The van der Waals surface area contributed by atoms with Crippen molar-refractivity contribution in [3.8, 4) is 0 Å². The number of Topliss-reactive ketones (excluding diaryl/α,β-unsaturated/α-hetero) is 1. The summed E-state index contributed by atoms with van der Waals surface area (Å²) in [5.41, 5.74) is 0.992. The highest BCUT2D eigenvalue weighted by molar-refractivity contribution is 5.99. The van der Waals surface area contributed by atoms with Crippen LogP contribution in [0.4, 0.5) is 10.1 Å². The number of nitrogens with zero attached hydrogens (tertiary/aromatic N) is 1. The fourth-order valence-electron chi connectivity index (χ4n) is 2.35. The summed E-state index contributed by atoms with van der Waals surface area (Å²) in [5, 5.41) is 0. The van der Waals surface area contributed by atoms with Gasteiger partial charge >= 0.3 is 0 Å². The lowest BCUT2D eigenvalue weighted by Crippen LogP contribution is -2.34. The Balaban J connectivity index is 2.33. The van der Waals surface area contributed by atoms with Crippen LogP contribution in [0.5, 0.6) is 0 Å². The maximum atomic E-state index is 13.9. The highest BCUT2D eigenvalue weighted by Crippen LogP contribution is 2.29. The van der Waals surface area contributed by atoms with Crippen LogP contribution >= 0.6 is 0 Å². The van der Waals surface area contributed by atoms with Crippen molar-refractivity contribution in [2.75, 3.05) is 18.0 Å². The molecule has 0 aromatic heterocycles. The lowest BCUT2D eigenvalue weighted by Gasteiger charge is -2.33. The van der Waals surface area contributed by atoms with Gasteiger partial charge in [-0.15, -0.1) is 0 Å². The van der Waals surface area contributed by atoms with E-state index in [-0.39, 0.29) is 11.6 Å². The van der Waals surface area contributed by atoms with Crippen LogP contribution in [0.15, 0.2) is 18.2 Å². The molecule has 0 saturated carbocycles. The zero-order valence-corrected chi connectivity index (χ0v) is 10.4. The highest BCUT2D eigenvalue weighted by atomic mass is 19.1. The molecule has 1 aromatic rings. The quantitative estimate of drug-likeness (QED) is 0.733. The SMILES string of the molecule is CC(=O)c1cccc(F)c1N1CCC(C)CC1. The van der Waals surface area contributed by atoms with Crippen LogP contribution in [-0.4, -0.2) is 18.9 Å². The topological polar surface area (TPSA) is 20.3 Å². The van der Waals surface area contributed by atoms with E-state index in [1.165, 1.54) is 13.0 Å². The molecule has 0 unspecified atom stereocenters. The van der Waals surface area contributed by atoms with Gasteiger partial charge in [-0.3, -0.25) is 4.79 Å². The number of halogens is 1. The van der Waals surface area contributed by atoms with Crippen molar-refractivity contribution in [2.45, 2.75) is 26.7 Å². The van der Waals surface area contributed by atoms with Gasteiger partial charge in [0.15, 0.2) is 5.78 Å². The molecule has 1 aliphatic heterocycles. The van der Waals surface area contributed by atoms with Crippen LogP contribution in [0.2, 0.25) is 0 Å². The molecule has 0 N–H and O–H groups in total. The molecule has 92 valence electrons. The summed E-state index contributed by atoms with van der Waals surface area (Å²) in [6.07, 6.45) is 2.12. The number of carbonyl (C=O) groups excluding carboxylic acids is 1. The molecule has 0 radical (unpaired) electrons. The van der Waals surface area contributed by atoms with Gasteiger partial charge in [0, 0.05) is 18.7 Å². The fourth-order valence-corrected chi connectivity index (χ4v) is 2.35. The predicted molar refractivity (Wildman–Crippen MR) is 67.0 cm³/mol. The Morgan fingerprint density at radius 3 is 2.59 bits per heavy atom. The van der Waals surface area contributed by atoms with E-state index in [0.717, 1.165) is 25.9 Å². The van der Waals surface area contributed by atoms with E-state index in [2.05, 4.69) is 6.92 Å². The third-order valence-electron chi connectivity index (χ3n) is 3.47. The van der Waals surface area contributed by atoms with Crippen LogP contribution < -0.4 is 4.90 Å². The van der Waals surface area contributed by atoms with Crippen molar-refractivity contribution < 1.29 is 9.18 Å². The first kappa shape index (κ1) is 12.1. The van der Waals surface area contributed by atoms with Gasteiger partial charge < -0.3 is 4.90 Å². The number of carbonyl (C=O) groups is 1. The zero-order valence-electron chi connectivity index (χ0n) is 10.4. The first-order valence-corrected chi connectivity index (χ1v) is 6.14. The summed E-state index contributed by atoms with van der Waals surface area (Å²) < 4.78 is 13.9. The van der Waals surface area contributed by atoms with Crippen molar-refractivity contribution >= 4 is 11.5 Å². The van der Waals surface area contributed by atoms with Crippen LogP contribution in [0.3, 0.4) is 0 Å². The normalized spacial score (nSPS) is 17.2. The van der Waals surface area contributed by atoms with E-state index in [0.29, 0.717) is 17.2 Å². The minimum atomic E-state index is -0.285. The molecular formula is C14H18FNO. The second-order valence-corrected chi connectivity index (χ2v) is 4.86. The molecule has 2 rings (SSSR count). The molecule has 1 aromatic carbocycles. The number of benzene rings is 1. The monoisotopic (exact) mass is 235 g/mol. The molecule has 1 fully saturated rings. The lowest BCUT2D eigenvalue weighted by molar-refractivity contribution is 0.101. The molecule has 0 atom stereocenters. The van der Waals surface area contributed by atoms with Gasteiger partial charge in [0.25, 0.3) is 0 Å². The summed E-state index contributed by atoms with van der Waals surface area (Å²) in [4.78, 5) is 13.5. The van der Waals surface area contributed by atoms with Gasteiger partial charge in [-0.2, -0.15) is 0 Å². The van der Waals surface area contributed by atoms with Crippen LogP contribution in [0.25, 0.3) is 0 Å². The third kappa shape index (κ3) is 2.48. The minimum absolute atomic E-state index is 0.0712. The Kier molecular flexibility index (Phi) is 3.46. The number of hydrogen-bond donors (Lipinski definition) is 0. The summed E-state index contributed by atoms with van der Waals surface area (Å²) in [5.74, 6) is 0.337. The number of para-hydroxylation sites is 1. The van der Waals surface area contributed by atoms with E-state index >= 15 is 0 Å². The molecule has 0 spiro atoms. The molecule has 17 heavy (non-hydrogen) atoms. The smallest absolute Gasteiger partial charge is 0.161 e. The van der Waals surface area contributed by atoms with Crippen molar-refractivity contribution in [3.63, 3.8) is 0 Å². The van der Waals surface area contributed by atoms with Gasteiger partial charge in [0.2, 0.25) is 0 Å². The molecule has 3 heteroatoms. The molecule has 2 nitrogen and oxygen atoms in total. The number of hydrogen-bond acceptors (Lipinski definition) is 2. The molecule has 0 aliphatic carbocycles. The number of anilines is 1. The van der Waals surface area contributed by atoms with Crippen molar-refractivity contribution in [2.24, 2.45) is 5.92 Å². The van der Waals surface area contributed by atoms with E-state index < -0.39 is 0 Å². The highest BCUT2D eigenvalue weighted by Gasteiger charge is 2.22. The Hall–Kier alpha value is -1.38. The van der Waals surface area contributed by atoms with Crippen LogP contribution in [0.1, 0.15) is 37.0 Å². The van der Waals surface area contributed by atoms with E-state index in [1.807, 2.05) is 4.90 Å². The second kappa shape index (κ2) is 4.86. The predicted octanol–water partition coefficient (Wildman–Crippen LogP) is 3.26. The maximum Gasteiger partial charge on any atom is 0.161 e. The molecule has 1 heterocycles. The van der Waals surface area contributed by atoms with Crippen LogP contribution in [0, 0.1) is 11.7 Å². The molecule has 0 bridgehead atoms. The number of piperidine rings is 1. The Morgan fingerprint density at radius 2 is 2.00 bits per heavy atom. The summed E-state index contributed by atoms with van der Waals surface area (Å²) in [6, 6.07) is 4.74. The summed E-state index contributed by atoms with van der Waals surface area (Å²) in [6.45, 7) is 5.38. The molecule has 1 aliphatic rings. The van der Waals surface area contributed by atoms with Gasteiger partial charge in [-0.25, -0.2) is 4.39 Å². The van der Waals surface area contributed by atoms with Gasteiger partial charge in [0.1, 0.15) is 5.82 Å². The first-order chi connectivity index (χ1) is 8.09. The summed E-state index contributed by atoms with van der Waals surface area (Å²) >= 11 is 0. The molecular weight excluding hydrogens is 217 g/mol. The first-order valence-electron chi connectivity index (χ1n) is 6.14. The van der Waals surface area contributed by atoms with E-state index in [1.54, 1.807) is 12.1 Å². The van der Waals surface area contributed by atoms with Gasteiger partial charge in [-0.1, -0.05) is 13.0 Å². The van der Waals surface area contributed by atoms with E-state index in [9.17, 15) is 9.18 Å².